The van der Waals surface area contributed by atoms with Crippen LogP contribution in [0.25, 0.3) is 0 Å². The molecule has 88 valence electrons. The quantitative estimate of drug-likeness (QED) is 0.775. The normalized spacial score (nSPS) is 12.4. The molecule has 0 heterocycles. The van der Waals surface area contributed by atoms with E-state index in [0.29, 0.717) is 5.69 Å². The van der Waals surface area contributed by atoms with Crippen molar-refractivity contribution in [2.24, 2.45) is 0 Å². The summed E-state index contributed by atoms with van der Waals surface area (Å²) in [5.74, 6) is 0. The van der Waals surface area contributed by atoms with Gasteiger partial charge in [-0.25, -0.2) is 0 Å². The Bertz CT molecular complexity index is 517. The average Bonchev–Trinajstić information content (AvgIpc) is 2.32. The van der Waals surface area contributed by atoms with Crippen LogP contribution >= 0.6 is 0 Å². The van der Waals surface area contributed by atoms with Crippen molar-refractivity contribution in [3.8, 4) is 0 Å². The molecule has 0 aliphatic heterocycles. The van der Waals surface area contributed by atoms with E-state index in [1.807, 2.05) is 50.2 Å². The second-order valence-electron chi connectivity index (χ2n) is 4.43. The fourth-order valence-corrected chi connectivity index (χ4v) is 1.91. The number of rotatable bonds is 2. The topological polar surface area (TPSA) is 46.2 Å². The molecule has 0 spiro atoms. The van der Waals surface area contributed by atoms with Crippen molar-refractivity contribution in [1.82, 2.24) is 0 Å². The predicted octanol–water partition coefficient (Wildman–Crippen LogP) is 2.97. The first-order chi connectivity index (χ1) is 8.08. The van der Waals surface area contributed by atoms with Gasteiger partial charge in [0.05, 0.1) is 0 Å². The van der Waals surface area contributed by atoms with E-state index in [1.54, 1.807) is 0 Å². The second-order valence-corrected chi connectivity index (χ2v) is 4.43. The van der Waals surface area contributed by atoms with Crippen molar-refractivity contribution >= 4 is 5.69 Å². The first-order valence-electron chi connectivity index (χ1n) is 5.68. The predicted molar refractivity (Wildman–Crippen MR) is 70.8 cm³/mol. The molecule has 0 unspecified atom stereocenters. The summed E-state index contributed by atoms with van der Waals surface area (Å²) in [6, 6.07) is 13.5. The van der Waals surface area contributed by atoms with Crippen molar-refractivity contribution in [2.75, 3.05) is 5.73 Å². The molecule has 2 heteroatoms. The van der Waals surface area contributed by atoms with Crippen LogP contribution in [0.4, 0.5) is 5.69 Å². The Hall–Kier alpha value is -1.80. The van der Waals surface area contributed by atoms with Crippen molar-refractivity contribution in [1.29, 1.82) is 0 Å². The summed E-state index contributed by atoms with van der Waals surface area (Å²) in [7, 11) is 0. The number of nitrogen functional groups attached to an aromatic ring is 1. The number of aryl methyl sites for hydroxylation is 2. The molecule has 2 nitrogen and oxygen atoms in total. The molecule has 2 rings (SSSR count). The fraction of sp³-hybridized carbons (Fsp3) is 0.200. The zero-order valence-electron chi connectivity index (χ0n) is 10.1. The minimum atomic E-state index is -0.588. The van der Waals surface area contributed by atoms with Crippen LogP contribution < -0.4 is 5.73 Å². The zero-order valence-corrected chi connectivity index (χ0v) is 10.1. The van der Waals surface area contributed by atoms with Crippen molar-refractivity contribution < 1.29 is 5.11 Å². The van der Waals surface area contributed by atoms with Crippen LogP contribution in [0.15, 0.2) is 42.5 Å². The number of anilines is 1. The van der Waals surface area contributed by atoms with E-state index in [0.717, 1.165) is 22.3 Å². The van der Waals surface area contributed by atoms with Crippen LogP contribution in [0.2, 0.25) is 0 Å². The maximum atomic E-state index is 10.3. The minimum Gasteiger partial charge on any atom is -0.399 e. The number of aliphatic hydroxyl groups is 1. The standard InChI is InChI=1S/C15H17NO/c1-10-3-4-11(2)14(9-10)15(17)12-5-7-13(16)8-6-12/h3-9,15,17H,16H2,1-2H3/t15-/m1/s1. The second kappa shape index (κ2) is 4.60. The Labute approximate surface area is 102 Å². The first-order valence-corrected chi connectivity index (χ1v) is 5.68. The molecule has 0 bridgehead atoms. The summed E-state index contributed by atoms with van der Waals surface area (Å²) in [5, 5.41) is 10.3. The van der Waals surface area contributed by atoms with E-state index in [-0.39, 0.29) is 0 Å². The highest BCUT2D eigenvalue weighted by atomic mass is 16.3. The summed E-state index contributed by atoms with van der Waals surface area (Å²) in [6.45, 7) is 4.04. The molecule has 3 N–H and O–H groups in total. The summed E-state index contributed by atoms with van der Waals surface area (Å²) in [6.07, 6.45) is -0.588. The van der Waals surface area contributed by atoms with Gasteiger partial charge in [-0.15, -0.1) is 0 Å². The van der Waals surface area contributed by atoms with Gasteiger partial charge in [0.15, 0.2) is 0 Å². The maximum absolute atomic E-state index is 10.3. The number of benzene rings is 2. The van der Waals surface area contributed by atoms with Crippen LogP contribution in [-0.4, -0.2) is 5.11 Å². The smallest absolute Gasteiger partial charge is 0.104 e. The molecule has 17 heavy (non-hydrogen) atoms. The molecule has 0 amide bonds. The monoisotopic (exact) mass is 227 g/mol. The lowest BCUT2D eigenvalue weighted by atomic mass is 9.96. The van der Waals surface area contributed by atoms with Gasteiger partial charge in [0.2, 0.25) is 0 Å². The molecule has 1 atom stereocenters. The Kier molecular flexibility index (Phi) is 3.16. The number of aliphatic hydroxyl groups excluding tert-OH is 1. The third-order valence-corrected chi connectivity index (χ3v) is 2.98. The Morgan fingerprint density at radius 2 is 1.65 bits per heavy atom. The highest BCUT2D eigenvalue weighted by molar-refractivity contribution is 5.43. The number of hydrogen-bond donors (Lipinski definition) is 2. The van der Waals surface area contributed by atoms with Crippen LogP contribution in [0.3, 0.4) is 0 Å². The van der Waals surface area contributed by atoms with E-state index >= 15 is 0 Å². The lowest BCUT2D eigenvalue weighted by molar-refractivity contribution is 0.219. The molecule has 0 saturated heterocycles. The maximum Gasteiger partial charge on any atom is 0.104 e. The largest absolute Gasteiger partial charge is 0.399 e. The molecular formula is C15H17NO. The Balaban J connectivity index is 2.39. The molecule has 0 aliphatic carbocycles. The van der Waals surface area contributed by atoms with Gasteiger partial charge in [0.25, 0.3) is 0 Å². The molecule has 0 radical (unpaired) electrons. The molecule has 0 saturated carbocycles. The molecule has 2 aromatic carbocycles. The van der Waals surface area contributed by atoms with Gasteiger partial charge in [-0.05, 0) is 42.7 Å². The van der Waals surface area contributed by atoms with E-state index in [1.165, 1.54) is 0 Å². The van der Waals surface area contributed by atoms with Gasteiger partial charge < -0.3 is 10.8 Å². The van der Waals surface area contributed by atoms with E-state index in [2.05, 4.69) is 6.07 Å². The van der Waals surface area contributed by atoms with Gasteiger partial charge in [0, 0.05) is 5.69 Å². The lowest BCUT2D eigenvalue weighted by Gasteiger charge is -2.15. The third kappa shape index (κ3) is 2.48. The van der Waals surface area contributed by atoms with Gasteiger partial charge in [-0.3, -0.25) is 0 Å². The van der Waals surface area contributed by atoms with Crippen LogP contribution in [0.5, 0.6) is 0 Å². The van der Waals surface area contributed by atoms with E-state index in [9.17, 15) is 5.11 Å². The summed E-state index contributed by atoms with van der Waals surface area (Å²) < 4.78 is 0. The van der Waals surface area contributed by atoms with Gasteiger partial charge >= 0.3 is 0 Å². The van der Waals surface area contributed by atoms with Gasteiger partial charge in [-0.1, -0.05) is 35.9 Å². The minimum absolute atomic E-state index is 0.588. The number of hydrogen-bond acceptors (Lipinski definition) is 2. The molecule has 0 fully saturated rings. The summed E-state index contributed by atoms with van der Waals surface area (Å²) in [4.78, 5) is 0. The lowest BCUT2D eigenvalue weighted by Crippen LogP contribution is -2.02. The summed E-state index contributed by atoms with van der Waals surface area (Å²) >= 11 is 0. The highest BCUT2D eigenvalue weighted by Crippen LogP contribution is 2.26. The highest BCUT2D eigenvalue weighted by Gasteiger charge is 2.12. The molecule has 0 aliphatic rings. The van der Waals surface area contributed by atoms with Crippen LogP contribution in [0, 0.1) is 13.8 Å². The molecule has 2 aromatic rings. The molecular weight excluding hydrogens is 210 g/mol. The molecule has 0 aromatic heterocycles. The number of nitrogens with two attached hydrogens (primary N) is 1. The van der Waals surface area contributed by atoms with E-state index in [4.69, 9.17) is 5.73 Å². The van der Waals surface area contributed by atoms with Crippen LogP contribution in [-0.2, 0) is 0 Å². The van der Waals surface area contributed by atoms with Crippen LogP contribution in [0.1, 0.15) is 28.4 Å². The SMILES string of the molecule is Cc1ccc(C)c([C@H](O)c2ccc(N)cc2)c1. The Morgan fingerprint density at radius 1 is 1.00 bits per heavy atom. The van der Waals surface area contributed by atoms with Gasteiger partial charge in [-0.2, -0.15) is 0 Å². The van der Waals surface area contributed by atoms with E-state index < -0.39 is 6.10 Å². The van der Waals surface area contributed by atoms with Gasteiger partial charge in [0.1, 0.15) is 6.10 Å². The van der Waals surface area contributed by atoms with Crippen molar-refractivity contribution in [3.63, 3.8) is 0 Å². The average molecular weight is 227 g/mol. The fourth-order valence-electron chi connectivity index (χ4n) is 1.91. The third-order valence-electron chi connectivity index (χ3n) is 2.98. The first kappa shape index (κ1) is 11.7. The zero-order chi connectivity index (χ0) is 12.4. The van der Waals surface area contributed by atoms with Crippen molar-refractivity contribution in [3.05, 3.63) is 64.7 Å². The Morgan fingerprint density at radius 3 is 2.29 bits per heavy atom. The van der Waals surface area contributed by atoms with Crippen molar-refractivity contribution in [2.45, 2.75) is 20.0 Å². The summed E-state index contributed by atoms with van der Waals surface area (Å²) in [5.41, 5.74) is 10.4.